The van der Waals surface area contributed by atoms with Crippen molar-refractivity contribution in [2.75, 3.05) is 6.61 Å². The molecule has 1 aliphatic rings. The van der Waals surface area contributed by atoms with Gasteiger partial charge in [-0.15, -0.1) is 0 Å². The number of alkyl halides is 3. The van der Waals surface area contributed by atoms with Crippen molar-refractivity contribution in [3.8, 4) is 0 Å². The summed E-state index contributed by atoms with van der Waals surface area (Å²) < 4.78 is 39.6. The third kappa shape index (κ3) is 3.20. The molecule has 2 nitrogen and oxygen atoms in total. The molecule has 1 fully saturated rings. The highest BCUT2D eigenvalue weighted by molar-refractivity contribution is 5.76. The van der Waals surface area contributed by atoms with Crippen molar-refractivity contribution in [1.29, 1.82) is 0 Å². The van der Waals surface area contributed by atoms with E-state index in [-0.39, 0.29) is 11.3 Å². The van der Waals surface area contributed by atoms with E-state index in [2.05, 4.69) is 4.74 Å². The van der Waals surface area contributed by atoms with Gasteiger partial charge in [0.05, 0.1) is 18.9 Å². The summed E-state index contributed by atoms with van der Waals surface area (Å²) in [5.41, 5.74) is -0.0880. The molecule has 0 N–H and O–H groups in total. The standard InChI is InChI=1S/C9H13F3O2/c1-8(2)5-6(8)7(13)14-4-3-9(10,11)12/h6H,3-5H2,1-2H3. The van der Waals surface area contributed by atoms with Gasteiger partial charge in [-0.1, -0.05) is 13.8 Å². The first-order chi connectivity index (χ1) is 6.22. The fourth-order valence-electron chi connectivity index (χ4n) is 1.24. The molecule has 82 valence electrons. The highest BCUT2D eigenvalue weighted by atomic mass is 19.4. The highest BCUT2D eigenvalue weighted by Gasteiger charge is 2.51. The number of esters is 1. The predicted molar refractivity (Wildman–Crippen MR) is 43.5 cm³/mol. The summed E-state index contributed by atoms with van der Waals surface area (Å²) in [6, 6.07) is 0. The lowest BCUT2D eigenvalue weighted by Gasteiger charge is -2.07. The first-order valence-corrected chi connectivity index (χ1v) is 4.46. The van der Waals surface area contributed by atoms with Gasteiger partial charge in [0.25, 0.3) is 0 Å². The molecule has 0 bridgehead atoms. The summed E-state index contributed by atoms with van der Waals surface area (Å²) in [5.74, 6) is -0.713. The van der Waals surface area contributed by atoms with Gasteiger partial charge >= 0.3 is 12.1 Å². The van der Waals surface area contributed by atoms with Gasteiger partial charge in [-0.2, -0.15) is 13.2 Å². The quantitative estimate of drug-likeness (QED) is 0.669. The zero-order valence-corrected chi connectivity index (χ0v) is 8.15. The lowest BCUT2D eigenvalue weighted by Crippen LogP contribution is -2.16. The Kier molecular flexibility index (Phi) is 2.78. The molecule has 5 heteroatoms. The summed E-state index contributed by atoms with van der Waals surface area (Å²) in [5, 5.41) is 0. The smallest absolute Gasteiger partial charge is 0.392 e. The van der Waals surface area contributed by atoms with Crippen molar-refractivity contribution in [1.82, 2.24) is 0 Å². The molecule has 1 unspecified atom stereocenters. The number of carbonyl (C=O) groups is 1. The number of ether oxygens (including phenoxy) is 1. The van der Waals surface area contributed by atoms with E-state index in [1.54, 1.807) is 0 Å². The summed E-state index contributed by atoms with van der Waals surface area (Å²) in [6.45, 7) is 3.22. The fraction of sp³-hybridized carbons (Fsp3) is 0.889. The predicted octanol–water partition coefficient (Wildman–Crippen LogP) is 2.53. The monoisotopic (exact) mass is 210 g/mol. The Morgan fingerprint density at radius 2 is 2.00 bits per heavy atom. The van der Waals surface area contributed by atoms with Crippen molar-refractivity contribution in [2.24, 2.45) is 11.3 Å². The van der Waals surface area contributed by atoms with Crippen LogP contribution in [0.15, 0.2) is 0 Å². The second kappa shape index (κ2) is 3.44. The van der Waals surface area contributed by atoms with Crippen molar-refractivity contribution in [3.05, 3.63) is 0 Å². The van der Waals surface area contributed by atoms with Crippen LogP contribution in [0.1, 0.15) is 26.7 Å². The van der Waals surface area contributed by atoms with Gasteiger partial charge in [-0.25, -0.2) is 0 Å². The van der Waals surface area contributed by atoms with Crippen LogP contribution in [0.4, 0.5) is 13.2 Å². The minimum absolute atomic E-state index is 0.0880. The van der Waals surface area contributed by atoms with E-state index in [1.807, 2.05) is 13.8 Å². The average molecular weight is 210 g/mol. The molecule has 0 aromatic carbocycles. The molecule has 14 heavy (non-hydrogen) atoms. The third-order valence-electron chi connectivity index (χ3n) is 2.43. The summed E-state index contributed by atoms with van der Waals surface area (Å²) in [6.07, 6.45) is -4.61. The lowest BCUT2D eigenvalue weighted by molar-refractivity contribution is -0.160. The van der Waals surface area contributed by atoms with Gasteiger partial charge < -0.3 is 4.74 Å². The zero-order valence-electron chi connectivity index (χ0n) is 8.15. The summed E-state index contributed by atoms with van der Waals surface area (Å²) >= 11 is 0. The van der Waals surface area contributed by atoms with Crippen LogP contribution in [0, 0.1) is 11.3 Å². The van der Waals surface area contributed by atoms with Gasteiger partial charge in [0, 0.05) is 0 Å². The van der Waals surface area contributed by atoms with E-state index in [0.29, 0.717) is 6.42 Å². The lowest BCUT2D eigenvalue weighted by atomic mass is 10.1. The van der Waals surface area contributed by atoms with E-state index >= 15 is 0 Å². The van der Waals surface area contributed by atoms with Crippen LogP contribution in [-0.4, -0.2) is 18.8 Å². The Balaban J connectivity index is 2.18. The van der Waals surface area contributed by atoms with Crippen LogP contribution in [0.5, 0.6) is 0 Å². The molecule has 0 spiro atoms. The molecule has 0 aromatic rings. The largest absolute Gasteiger partial charge is 0.465 e. The topological polar surface area (TPSA) is 26.3 Å². The van der Waals surface area contributed by atoms with Crippen molar-refractivity contribution < 1.29 is 22.7 Å². The SMILES string of the molecule is CC1(C)CC1C(=O)OCCC(F)(F)F. The number of hydrogen-bond donors (Lipinski definition) is 0. The molecule has 1 aliphatic carbocycles. The second-order valence-corrected chi connectivity index (χ2v) is 4.28. The molecule has 1 saturated carbocycles. The van der Waals surface area contributed by atoms with Crippen molar-refractivity contribution in [3.63, 3.8) is 0 Å². The Hall–Kier alpha value is -0.740. The van der Waals surface area contributed by atoms with Crippen molar-refractivity contribution >= 4 is 5.97 Å². The average Bonchev–Trinajstić information content (AvgIpc) is 2.57. The number of hydrogen-bond acceptors (Lipinski definition) is 2. The molecule has 1 rings (SSSR count). The maximum Gasteiger partial charge on any atom is 0.392 e. The molecule has 1 atom stereocenters. The van der Waals surface area contributed by atoms with Crippen molar-refractivity contribution in [2.45, 2.75) is 32.9 Å². The molecular weight excluding hydrogens is 197 g/mol. The highest BCUT2D eigenvalue weighted by Crippen LogP contribution is 2.52. The van der Waals surface area contributed by atoms with E-state index in [0.717, 1.165) is 0 Å². The summed E-state index contributed by atoms with van der Waals surface area (Å²) in [7, 11) is 0. The molecule has 0 radical (unpaired) electrons. The van der Waals surface area contributed by atoms with Crippen LogP contribution in [0.25, 0.3) is 0 Å². The molecule has 0 aliphatic heterocycles. The third-order valence-corrected chi connectivity index (χ3v) is 2.43. The van der Waals surface area contributed by atoms with Gasteiger partial charge in [0.15, 0.2) is 0 Å². The Bertz CT molecular complexity index is 233. The van der Waals surface area contributed by atoms with E-state index < -0.39 is 25.2 Å². The van der Waals surface area contributed by atoms with E-state index in [1.165, 1.54) is 0 Å². The molecule has 0 saturated heterocycles. The Labute approximate surface area is 80.4 Å². The fourth-order valence-corrected chi connectivity index (χ4v) is 1.24. The minimum atomic E-state index is -4.25. The maximum absolute atomic E-state index is 11.7. The van der Waals surface area contributed by atoms with Gasteiger partial charge in [-0.05, 0) is 11.8 Å². The van der Waals surface area contributed by atoms with Gasteiger partial charge in [-0.3, -0.25) is 4.79 Å². The number of rotatable bonds is 3. The van der Waals surface area contributed by atoms with Gasteiger partial charge in [0.1, 0.15) is 0 Å². The van der Waals surface area contributed by atoms with Crippen LogP contribution in [0.2, 0.25) is 0 Å². The van der Waals surface area contributed by atoms with E-state index in [4.69, 9.17) is 0 Å². The first kappa shape index (κ1) is 11.3. The molecule has 0 aromatic heterocycles. The Morgan fingerprint density at radius 1 is 1.50 bits per heavy atom. The first-order valence-electron chi connectivity index (χ1n) is 4.46. The van der Waals surface area contributed by atoms with Gasteiger partial charge in [0.2, 0.25) is 0 Å². The second-order valence-electron chi connectivity index (χ2n) is 4.28. The molecular formula is C9H13F3O2. The van der Waals surface area contributed by atoms with Crippen LogP contribution < -0.4 is 0 Å². The summed E-state index contributed by atoms with van der Waals surface area (Å²) in [4.78, 5) is 11.1. The Morgan fingerprint density at radius 3 is 2.36 bits per heavy atom. The molecule has 0 heterocycles. The number of carbonyl (C=O) groups excluding carboxylic acids is 1. The van der Waals surface area contributed by atoms with Crippen LogP contribution >= 0.6 is 0 Å². The number of halogens is 3. The van der Waals surface area contributed by atoms with Crippen LogP contribution in [0.3, 0.4) is 0 Å². The maximum atomic E-state index is 11.7. The normalized spacial score (nSPS) is 24.5. The minimum Gasteiger partial charge on any atom is -0.465 e. The zero-order chi connectivity index (χ0) is 11.0. The van der Waals surface area contributed by atoms with E-state index in [9.17, 15) is 18.0 Å². The van der Waals surface area contributed by atoms with Crippen LogP contribution in [-0.2, 0) is 9.53 Å². The molecule has 0 amide bonds.